The highest BCUT2D eigenvalue weighted by Gasteiger charge is 2.04. The van der Waals surface area contributed by atoms with Crippen LogP contribution in [0.15, 0.2) is 42.6 Å². The van der Waals surface area contributed by atoms with Crippen molar-refractivity contribution in [3.63, 3.8) is 0 Å². The number of benzene rings is 1. The van der Waals surface area contributed by atoms with Crippen LogP contribution in [-0.4, -0.2) is 9.91 Å². The van der Waals surface area contributed by atoms with Gasteiger partial charge in [-0.1, -0.05) is 0 Å². The van der Waals surface area contributed by atoms with Gasteiger partial charge in [-0.2, -0.15) is 0 Å². The highest BCUT2D eigenvalue weighted by molar-refractivity contribution is 5.36. The monoisotopic (exact) mass is 245 g/mol. The first-order valence-electron chi connectivity index (χ1n) is 5.23. The van der Waals surface area contributed by atoms with E-state index in [-0.39, 0.29) is 5.69 Å². The summed E-state index contributed by atoms with van der Waals surface area (Å²) in [5, 5.41) is 10.5. The number of ether oxygens (including phenoxy) is 1. The van der Waals surface area contributed by atoms with E-state index in [9.17, 15) is 10.1 Å². The molecule has 2 rings (SSSR count). The van der Waals surface area contributed by atoms with E-state index in [2.05, 4.69) is 4.98 Å². The van der Waals surface area contributed by atoms with E-state index in [1.54, 1.807) is 30.5 Å². The number of hydrogen-bond acceptors (Lipinski definition) is 5. The van der Waals surface area contributed by atoms with Gasteiger partial charge in [0, 0.05) is 18.3 Å². The highest BCUT2D eigenvalue weighted by Crippen LogP contribution is 2.18. The zero-order valence-electron chi connectivity index (χ0n) is 9.45. The maximum absolute atomic E-state index is 10.5. The summed E-state index contributed by atoms with van der Waals surface area (Å²) >= 11 is 0. The largest absolute Gasteiger partial charge is 0.489 e. The molecule has 0 atom stereocenters. The normalized spacial score (nSPS) is 10.0. The molecule has 2 aromatic rings. The lowest BCUT2D eigenvalue weighted by molar-refractivity contribution is -0.384. The van der Waals surface area contributed by atoms with Crippen LogP contribution in [0, 0.1) is 10.1 Å². The van der Waals surface area contributed by atoms with Gasteiger partial charge in [0.15, 0.2) is 0 Å². The predicted octanol–water partition coefficient (Wildman–Crippen LogP) is 2.15. The summed E-state index contributed by atoms with van der Waals surface area (Å²) in [6.07, 6.45) is 1.60. The first-order valence-corrected chi connectivity index (χ1v) is 5.23. The van der Waals surface area contributed by atoms with Crippen molar-refractivity contribution in [3.05, 3.63) is 58.3 Å². The van der Waals surface area contributed by atoms with Crippen LogP contribution in [0.3, 0.4) is 0 Å². The zero-order valence-corrected chi connectivity index (χ0v) is 9.45. The Labute approximate surface area is 103 Å². The molecule has 1 aromatic heterocycles. The summed E-state index contributed by atoms with van der Waals surface area (Å²) in [6, 6.07) is 9.42. The van der Waals surface area contributed by atoms with Gasteiger partial charge in [0.25, 0.3) is 5.69 Å². The molecule has 1 aromatic carbocycles. The van der Waals surface area contributed by atoms with E-state index < -0.39 is 4.92 Å². The summed E-state index contributed by atoms with van der Waals surface area (Å²) in [7, 11) is 0. The number of hydrogen-bond donors (Lipinski definition) is 1. The Bertz CT molecular complexity index is 555. The number of nitrogens with zero attached hydrogens (tertiary/aromatic N) is 2. The lowest BCUT2D eigenvalue weighted by Crippen LogP contribution is -1.98. The van der Waals surface area contributed by atoms with Gasteiger partial charge in [-0.25, -0.2) is 4.98 Å². The minimum atomic E-state index is -0.451. The van der Waals surface area contributed by atoms with Crippen LogP contribution in [0.5, 0.6) is 5.75 Å². The quantitative estimate of drug-likeness (QED) is 0.658. The summed E-state index contributed by atoms with van der Waals surface area (Å²) < 4.78 is 5.48. The number of nitrogen functional groups attached to an aromatic ring is 1. The standard InChI is InChI=1S/C12H11N3O3/c13-12-7-9(5-6-14-12)8-18-11-3-1-10(2-4-11)15(16)17/h1-7H,8H2,(H2,13,14). The highest BCUT2D eigenvalue weighted by atomic mass is 16.6. The molecule has 6 heteroatoms. The minimum Gasteiger partial charge on any atom is -0.489 e. The molecular weight excluding hydrogens is 234 g/mol. The van der Waals surface area contributed by atoms with E-state index in [4.69, 9.17) is 10.5 Å². The molecule has 2 N–H and O–H groups in total. The van der Waals surface area contributed by atoms with Crippen molar-refractivity contribution in [1.29, 1.82) is 0 Å². The van der Waals surface area contributed by atoms with Crippen LogP contribution in [0.4, 0.5) is 11.5 Å². The van der Waals surface area contributed by atoms with Crippen LogP contribution in [0.25, 0.3) is 0 Å². The smallest absolute Gasteiger partial charge is 0.269 e. The van der Waals surface area contributed by atoms with Gasteiger partial charge in [0.1, 0.15) is 18.2 Å². The maximum atomic E-state index is 10.5. The Morgan fingerprint density at radius 2 is 2.00 bits per heavy atom. The minimum absolute atomic E-state index is 0.0375. The van der Waals surface area contributed by atoms with Gasteiger partial charge >= 0.3 is 0 Å². The maximum Gasteiger partial charge on any atom is 0.269 e. The van der Waals surface area contributed by atoms with E-state index >= 15 is 0 Å². The number of rotatable bonds is 4. The van der Waals surface area contributed by atoms with Crippen LogP contribution >= 0.6 is 0 Å². The van der Waals surface area contributed by atoms with E-state index in [0.717, 1.165) is 5.56 Å². The molecule has 0 saturated heterocycles. The SMILES string of the molecule is Nc1cc(COc2ccc([N+](=O)[O-])cc2)ccn1. The Hall–Kier alpha value is -2.63. The van der Waals surface area contributed by atoms with Crippen molar-refractivity contribution in [1.82, 2.24) is 4.98 Å². The molecule has 0 radical (unpaired) electrons. The third-order valence-electron chi connectivity index (χ3n) is 2.30. The Morgan fingerprint density at radius 3 is 2.61 bits per heavy atom. The second-order valence-corrected chi connectivity index (χ2v) is 3.63. The third-order valence-corrected chi connectivity index (χ3v) is 2.30. The number of pyridine rings is 1. The Kier molecular flexibility index (Phi) is 3.38. The molecule has 0 fully saturated rings. The molecule has 1 heterocycles. The van der Waals surface area contributed by atoms with Gasteiger partial charge in [0.05, 0.1) is 4.92 Å². The van der Waals surface area contributed by atoms with Crippen LogP contribution in [-0.2, 0) is 6.61 Å². The fourth-order valence-corrected chi connectivity index (χ4v) is 1.41. The van der Waals surface area contributed by atoms with Crippen molar-refractivity contribution < 1.29 is 9.66 Å². The topological polar surface area (TPSA) is 91.3 Å². The van der Waals surface area contributed by atoms with Gasteiger partial charge < -0.3 is 10.5 Å². The molecule has 0 aliphatic rings. The molecule has 6 nitrogen and oxygen atoms in total. The van der Waals surface area contributed by atoms with Crippen molar-refractivity contribution in [3.8, 4) is 5.75 Å². The molecule has 0 aliphatic carbocycles. The van der Waals surface area contributed by atoms with Gasteiger partial charge in [-0.3, -0.25) is 10.1 Å². The molecule has 92 valence electrons. The fraction of sp³-hybridized carbons (Fsp3) is 0.0833. The lowest BCUT2D eigenvalue weighted by atomic mass is 10.2. The number of aromatic nitrogens is 1. The molecule has 18 heavy (non-hydrogen) atoms. The number of anilines is 1. The molecular formula is C12H11N3O3. The first-order chi connectivity index (χ1) is 8.65. The molecule has 0 aliphatic heterocycles. The molecule has 0 spiro atoms. The van der Waals surface area contributed by atoms with Crippen molar-refractivity contribution in [2.24, 2.45) is 0 Å². The van der Waals surface area contributed by atoms with E-state index in [1.165, 1.54) is 12.1 Å². The number of nitro benzene ring substituents is 1. The van der Waals surface area contributed by atoms with E-state index in [0.29, 0.717) is 18.2 Å². The van der Waals surface area contributed by atoms with Gasteiger partial charge in [-0.05, 0) is 29.8 Å². The van der Waals surface area contributed by atoms with Crippen LogP contribution in [0.2, 0.25) is 0 Å². The second kappa shape index (κ2) is 5.13. The van der Waals surface area contributed by atoms with E-state index in [1.807, 2.05) is 0 Å². The number of nitrogens with two attached hydrogens (primary N) is 1. The molecule has 0 amide bonds. The number of non-ortho nitro benzene ring substituents is 1. The fourth-order valence-electron chi connectivity index (χ4n) is 1.41. The third kappa shape index (κ3) is 2.94. The first kappa shape index (κ1) is 11.8. The van der Waals surface area contributed by atoms with Crippen molar-refractivity contribution in [2.45, 2.75) is 6.61 Å². The average Bonchev–Trinajstić information content (AvgIpc) is 2.37. The van der Waals surface area contributed by atoms with Crippen LogP contribution in [0.1, 0.15) is 5.56 Å². The average molecular weight is 245 g/mol. The summed E-state index contributed by atoms with van der Waals surface area (Å²) in [5.74, 6) is 0.996. The lowest BCUT2D eigenvalue weighted by Gasteiger charge is -2.06. The molecule has 0 saturated carbocycles. The van der Waals surface area contributed by atoms with Crippen LogP contribution < -0.4 is 10.5 Å². The van der Waals surface area contributed by atoms with Crippen molar-refractivity contribution >= 4 is 11.5 Å². The van der Waals surface area contributed by atoms with Gasteiger partial charge in [0.2, 0.25) is 0 Å². The summed E-state index contributed by atoms with van der Waals surface area (Å²) in [4.78, 5) is 13.9. The predicted molar refractivity (Wildman–Crippen MR) is 66.1 cm³/mol. The Balaban J connectivity index is 2.00. The second-order valence-electron chi connectivity index (χ2n) is 3.63. The van der Waals surface area contributed by atoms with Gasteiger partial charge in [-0.15, -0.1) is 0 Å². The Morgan fingerprint density at radius 1 is 1.28 bits per heavy atom. The zero-order chi connectivity index (χ0) is 13.0. The summed E-state index contributed by atoms with van der Waals surface area (Å²) in [5.41, 5.74) is 6.47. The molecule has 0 bridgehead atoms. The number of nitro groups is 1. The summed E-state index contributed by atoms with van der Waals surface area (Å²) in [6.45, 7) is 0.338. The van der Waals surface area contributed by atoms with Crippen molar-refractivity contribution in [2.75, 3.05) is 5.73 Å². The molecule has 0 unspecified atom stereocenters.